The molecule has 0 bridgehead atoms. The Balaban J connectivity index is 4.40. The van der Waals surface area contributed by atoms with E-state index in [1.165, 1.54) is 128 Å². The van der Waals surface area contributed by atoms with Crippen molar-refractivity contribution in [3.63, 3.8) is 0 Å². The third-order valence-corrected chi connectivity index (χ3v) is 11.9. The van der Waals surface area contributed by atoms with E-state index in [4.69, 9.17) is 9.05 Å². The van der Waals surface area contributed by atoms with Gasteiger partial charge in [0.25, 0.3) is 0 Å². The molecule has 63 heavy (non-hydrogen) atoms. The molecule has 3 atom stereocenters. The Kier molecular flexibility index (Phi) is 43.2. The summed E-state index contributed by atoms with van der Waals surface area (Å²) in [6, 6.07) is -0.922. The number of nitrogens with zero attached hydrogens (tertiary/aromatic N) is 1. The molecule has 364 valence electrons. The maximum atomic E-state index is 12.8. The predicted octanol–water partition coefficient (Wildman–Crippen LogP) is 14.9. The number of carbonyl (C=O) groups is 1. The second kappa shape index (κ2) is 44.9. The van der Waals surface area contributed by atoms with Crippen LogP contribution in [0.4, 0.5) is 0 Å². The van der Waals surface area contributed by atoms with Gasteiger partial charge < -0.3 is 19.8 Å². The van der Waals surface area contributed by atoms with Crippen molar-refractivity contribution < 1.29 is 32.9 Å². The number of quaternary nitrogens is 1. The van der Waals surface area contributed by atoms with Crippen molar-refractivity contribution in [2.45, 2.75) is 212 Å². The van der Waals surface area contributed by atoms with Crippen molar-refractivity contribution in [2.75, 3.05) is 40.9 Å². The van der Waals surface area contributed by atoms with Crippen molar-refractivity contribution in [1.29, 1.82) is 0 Å². The van der Waals surface area contributed by atoms with Crippen LogP contribution in [-0.2, 0) is 18.4 Å². The van der Waals surface area contributed by atoms with Crippen molar-refractivity contribution >= 4 is 13.7 Å². The van der Waals surface area contributed by atoms with Crippen LogP contribution in [0.2, 0.25) is 0 Å². The average molecular weight is 902 g/mol. The third kappa shape index (κ3) is 47.5. The van der Waals surface area contributed by atoms with Gasteiger partial charge in [-0.05, 0) is 57.8 Å². The predicted molar refractivity (Wildman–Crippen MR) is 272 cm³/mol. The van der Waals surface area contributed by atoms with E-state index >= 15 is 0 Å². The SMILES string of the molecule is CC/C=C\C/C=C\C/C=C\C/C=C\C/C=C\CC(=O)NC(COP(=O)(O)OCC[N+](C)(C)C)C(O)/C=C/CC/C=C/CCCCCCCCCCCCCCCCCCCCCC. The highest BCUT2D eigenvalue weighted by atomic mass is 31.2. The molecule has 0 saturated carbocycles. The molecule has 0 saturated heterocycles. The van der Waals surface area contributed by atoms with Crippen molar-refractivity contribution in [3.8, 4) is 0 Å². The summed E-state index contributed by atoms with van der Waals surface area (Å²) >= 11 is 0. The number of phosphoric ester groups is 1. The summed E-state index contributed by atoms with van der Waals surface area (Å²) in [4.78, 5) is 23.1. The molecule has 9 heteroatoms. The van der Waals surface area contributed by atoms with Crippen LogP contribution >= 0.6 is 7.82 Å². The molecular formula is C54H98N2O6P+. The van der Waals surface area contributed by atoms with Crippen LogP contribution in [0.15, 0.2) is 85.1 Å². The summed E-state index contributed by atoms with van der Waals surface area (Å²) in [5, 5.41) is 13.8. The molecule has 0 aromatic heterocycles. The van der Waals surface area contributed by atoms with E-state index in [-0.39, 0.29) is 25.5 Å². The summed E-state index contributed by atoms with van der Waals surface area (Å²) in [5.41, 5.74) is 0. The standard InChI is InChI=1S/C54H97N2O6P/c1-6-8-10-12-14-16-18-20-22-23-24-25-26-27-28-29-30-31-32-34-35-37-39-41-43-45-47-53(57)52(51-62-63(59,60)61-50-49-56(3,4)5)55-54(58)48-46-44-42-40-38-36-33-21-19-17-15-13-11-9-7-2/h9,11,15,17,21,33,37-40,44-47,52-53,57H,6-8,10,12-14,16,18-20,22-32,34-36,41-43,48-51H2,1-5H3,(H-,55,58,59,60)/p+1/b11-9-,17-15-,33-21-,39-37+,40-38-,46-44-,47-45+. The molecule has 0 heterocycles. The summed E-state index contributed by atoms with van der Waals surface area (Å²) in [5.74, 6) is -0.316. The van der Waals surface area contributed by atoms with Gasteiger partial charge in [0, 0.05) is 6.42 Å². The van der Waals surface area contributed by atoms with Gasteiger partial charge in [-0.1, -0.05) is 221 Å². The van der Waals surface area contributed by atoms with Crippen LogP contribution in [0.5, 0.6) is 0 Å². The number of hydrogen-bond donors (Lipinski definition) is 3. The molecule has 1 amide bonds. The second-order valence-electron chi connectivity index (χ2n) is 18.2. The molecule has 8 nitrogen and oxygen atoms in total. The van der Waals surface area contributed by atoms with E-state index in [1.807, 2.05) is 33.3 Å². The minimum Gasteiger partial charge on any atom is -0.387 e. The minimum atomic E-state index is -4.38. The summed E-state index contributed by atoms with van der Waals surface area (Å²) in [6.45, 7) is 4.60. The zero-order valence-electron chi connectivity index (χ0n) is 41.3. The van der Waals surface area contributed by atoms with Crippen molar-refractivity contribution in [1.82, 2.24) is 5.32 Å². The average Bonchev–Trinajstić information content (AvgIpc) is 3.24. The van der Waals surface area contributed by atoms with Gasteiger partial charge in [-0.3, -0.25) is 13.8 Å². The smallest absolute Gasteiger partial charge is 0.387 e. The van der Waals surface area contributed by atoms with E-state index in [1.54, 1.807) is 12.2 Å². The Morgan fingerprint density at radius 2 is 0.968 bits per heavy atom. The van der Waals surface area contributed by atoms with Gasteiger partial charge in [0.15, 0.2) is 0 Å². The van der Waals surface area contributed by atoms with E-state index in [0.717, 1.165) is 44.9 Å². The number of hydrogen-bond acceptors (Lipinski definition) is 5. The number of unbranched alkanes of at least 4 members (excludes halogenated alkanes) is 21. The minimum absolute atomic E-state index is 0.0357. The zero-order chi connectivity index (χ0) is 46.4. The number of likely N-dealkylation sites (N-methyl/N-ethyl adjacent to an activating group) is 1. The summed E-state index contributed by atoms with van der Waals surface area (Å²) in [7, 11) is 1.49. The highest BCUT2D eigenvalue weighted by molar-refractivity contribution is 7.47. The van der Waals surface area contributed by atoms with Gasteiger partial charge in [-0.15, -0.1) is 0 Å². The zero-order valence-corrected chi connectivity index (χ0v) is 42.2. The van der Waals surface area contributed by atoms with Crippen LogP contribution in [0, 0.1) is 0 Å². The van der Waals surface area contributed by atoms with Gasteiger partial charge in [0.05, 0.1) is 39.9 Å². The molecule has 0 aliphatic rings. The van der Waals surface area contributed by atoms with Crippen LogP contribution in [0.3, 0.4) is 0 Å². The number of rotatable bonds is 45. The van der Waals surface area contributed by atoms with Gasteiger partial charge in [0.2, 0.25) is 5.91 Å². The molecule has 0 aliphatic carbocycles. The number of nitrogens with one attached hydrogen (secondary N) is 1. The normalized spacial score (nSPS) is 14.8. The Labute approximate surface area is 388 Å². The molecule has 0 aromatic rings. The maximum Gasteiger partial charge on any atom is 0.472 e. The number of aliphatic hydroxyl groups is 1. The van der Waals surface area contributed by atoms with E-state index in [2.05, 4.69) is 79.9 Å². The second-order valence-corrected chi connectivity index (χ2v) is 19.6. The Morgan fingerprint density at radius 3 is 1.43 bits per heavy atom. The van der Waals surface area contributed by atoms with Crippen LogP contribution in [0.25, 0.3) is 0 Å². The number of aliphatic hydroxyl groups excluding tert-OH is 1. The first kappa shape index (κ1) is 60.7. The topological polar surface area (TPSA) is 105 Å². The Morgan fingerprint density at radius 1 is 0.556 bits per heavy atom. The van der Waals surface area contributed by atoms with Crippen LogP contribution < -0.4 is 5.32 Å². The molecule has 0 aliphatic heterocycles. The third-order valence-electron chi connectivity index (χ3n) is 10.9. The fourth-order valence-corrected chi connectivity index (χ4v) is 7.63. The monoisotopic (exact) mass is 902 g/mol. The lowest BCUT2D eigenvalue weighted by atomic mass is 10.0. The molecule has 0 rings (SSSR count). The highest BCUT2D eigenvalue weighted by Crippen LogP contribution is 2.43. The highest BCUT2D eigenvalue weighted by Gasteiger charge is 2.27. The quantitative estimate of drug-likeness (QED) is 0.0243. The number of carbonyl (C=O) groups excluding carboxylic acids is 1. The lowest BCUT2D eigenvalue weighted by molar-refractivity contribution is -0.870. The van der Waals surface area contributed by atoms with Crippen molar-refractivity contribution in [2.24, 2.45) is 0 Å². The molecule has 0 fully saturated rings. The first-order valence-corrected chi connectivity index (χ1v) is 27.0. The van der Waals surface area contributed by atoms with E-state index < -0.39 is 20.0 Å². The van der Waals surface area contributed by atoms with Gasteiger partial charge >= 0.3 is 7.82 Å². The van der Waals surface area contributed by atoms with Gasteiger partial charge in [0.1, 0.15) is 13.2 Å². The van der Waals surface area contributed by atoms with Crippen molar-refractivity contribution in [3.05, 3.63) is 85.1 Å². The van der Waals surface area contributed by atoms with Crippen LogP contribution in [0.1, 0.15) is 200 Å². The molecule has 3 N–H and O–H groups in total. The first-order valence-electron chi connectivity index (χ1n) is 25.5. The van der Waals surface area contributed by atoms with E-state index in [9.17, 15) is 19.4 Å². The Bertz CT molecular complexity index is 1300. The molecule has 0 aromatic carbocycles. The fourth-order valence-electron chi connectivity index (χ4n) is 6.89. The van der Waals surface area contributed by atoms with Crippen LogP contribution in [-0.4, -0.2) is 73.4 Å². The molecule has 3 unspecified atom stereocenters. The number of phosphoric acid groups is 1. The number of amides is 1. The largest absolute Gasteiger partial charge is 0.472 e. The lowest BCUT2D eigenvalue weighted by Gasteiger charge is -2.25. The number of allylic oxidation sites excluding steroid dienone is 12. The summed E-state index contributed by atoms with van der Waals surface area (Å²) < 4.78 is 23.5. The van der Waals surface area contributed by atoms with Gasteiger partial charge in [-0.2, -0.15) is 0 Å². The molecule has 0 radical (unpaired) electrons. The van der Waals surface area contributed by atoms with Gasteiger partial charge in [-0.25, -0.2) is 4.57 Å². The first-order chi connectivity index (χ1) is 30.5. The molecular weight excluding hydrogens is 804 g/mol. The molecule has 0 spiro atoms. The lowest BCUT2D eigenvalue weighted by Crippen LogP contribution is -2.45. The van der Waals surface area contributed by atoms with E-state index in [0.29, 0.717) is 17.4 Å². The Hall–Kier alpha value is -2.32. The fraction of sp³-hybridized carbons (Fsp3) is 0.722. The maximum absolute atomic E-state index is 12.8. The summed E-state index contributed by atoms with van der Waals surface area (Å²) in [6.07, 6.45) is 62.9.